The molecule has 1 aliphatic heterocycles. The van der Waals surface area contributed by atoms with Crippen molar-refractivity contribution in [1.29, 1.82) is 0 Å². The van der Waals surface area contributed by atoms with Crippen LogP contribution in [0.15, 0.2) is 18.2 Å². The monoisotopic (exact) mass is 272 g/mol. The second-order valence-corrected chi connectivity index (χ2v) is 6.32. The van der Waals surface area contributed by atoms with E-state index in [9.17, 15) is 5.11 Å². The molecule has 3 atom stereocenters. The van der Waals surface area contributed by atoms with Crippen molar-refractivity contribution >= 4 is 23.4 Å². The molecule has 94 valence electrons. The molecule has 1 aromatic carbocycles. The van der Waals surface area contributed by atoms with Crippen LogP contribution < -0.4 is 4.74 Å². The van der Waals surface area contributed by atoms with Crippen molar-refractivity contribution in [1.82, 2.24) is 0 Å². The SMILES string of the molecule is CC(O)C(C)SCC1Cc2cc(Cl)ccc2O1. The number of thioether (sulfide) groups is 1. The second-order valence-electron chi connectivity index (χ2n) is 4.48. The van der Waals surface area contributed by atoms with Crippen LogP contribution in [-0.4, -0.2) is 28.3 Å². The fourth-order valence-corrected chi connectivity index (χ4v) is 2.96. The number of aliphatic hydroxyl groups excluding tert-OH is 1. The van der Waals surface area contributed by atoms with Crippen LogP contribution in [0.25, 0.3) is 0 Å². The molecule has 1 heterocycles. The lowest BCUT2D eigenvalue weighted by molar-refractivity contribution is 0.196. The number of aliphatic hydroxyl groups is 1. The first-order valence-electron chi connectivity index (χ1n) is 5.81. The Morgan fingerprint density at radius 3 is 3.00 bits per heavy atom. The summed E-state index contributed by atoms with van der Waals surface area (Å²) in [5.41, 5.74) is 1.19. The van der Waals surface area contributed by atoms with Crippen LogP contribution in [0.4, 0.5) is 0 Å². The fraction of sp³-hybridized carbons (Fsp3) is 0.538. The Morgan fingerprint density at radius 1 is 1.53 bits per heavy atom. The number of ether oxygens (including phenoxy) is 1. The lowest BCUT2D eigenvalue weighted by Gasteiger charge is -2.16. The Labute approximate surface area is 111 Å². The zero-order chi connectivity index (χ0) is 12.4. The maximum absolute atomic E-state index is 9.43. The molecule has 2 nitrogen and oxygen atoms in total. The van der Waals surface area contributed by atoms with Crippen LogP contribution >= 0.6 is 23.4 Å². The molecule has 4 heteroatoms. The van der Waals surface area contributed by atoms with E-state index in [2.05, 4.69) is 0 Å². The fourth-order valence-electron chi connectivity index (χ4n) is 1.78. The molecule has 0 fully saturated rings. The van der Waals surface area contributed by atoms with Crippen molar-refractivity contribution in [2.75, 3.05) is 5.75 Å². The Bertz CT molecular complexity index is 395. The van der Waals surface area contributed by atoms with Crippen LogP contribution in [0.5, 0.6) is 5.75 Å². The molecule has 0 spiro atoms. The molecule has 1 aromatic rings. The summed E-state index contributed by atoms with van der Waals surface area (Å²) in [6, 6.07) is 5.76. The quantitative estimate of drug-likeness (QED) is 0.913. The van der Waals surface area contributed by atoms with Gasteiger partial charge in [0.05, 0.1) is 6.10 Å². The molecule has 17 heavy (non-hydrogen) atoms. The van der Waals surface area contributed by atoms with Gasteiger partial charge in [0.25, 0.3) is 0 Å². The molecule has 0 bridgehead atoms. The number of benzene rings is 1. The molecule has 1 N–H and O–H groups in total. The van der Waals surface area contributed by atoms with Crippen molar-refractivity contribution in [3.8, 4) is 5.75 Å². The van der Waals surface area contributed by atoms with Gasteiger partial charge in [0.1, 0.15) is 11.9 Å². The predicted octanol–water partition coefficient (Wildman–Crippen LogP) is 3.15. The molecule has 0 saturated carbocycles. The van der Waals surface area contributed by atoms with E-state index >= 15 is 0 Å². The molecule has 0 aromatic heterocycles. The largest absolute Gasteiger partial charge is 0.489 e. The predicted molar refractivity (Wildman–Crippen MR) is 73.2 cm³/mol. The number of hydrogen-bond donors (Lipinski definition) is 1. The second kappa shape index (κ2) is 5.51. The first-order chi connectivity index (χ1) is 8.06. The summed E-state index contributed by atoms with van der Waals surface area (Å²) in [5, 5.41) is 10.4. The zero-order valence-electron chi connectivity index (χ0n) is 10.0. The minimum absolute atomic E-state index is 0.203. The average molecular weight is 273 g/mol. The lowest BCUT2D eigenvalue weighted by Crippen LogP contribution is -2.22. The maximum Gasteiger partial charge on any atom is 0.123 e. The molecule has 2 rings (SSSR count). The number of fused-ring (bicyclic) bond motifs is 1. The summed E-state index contributed by atoms with van der Waals surface area (Å²) in [6.45, 7) is 3.86. The third-order valence-electron chi connectivity index (χ3n) is 2.99. The van der Waals surface area contributed by atoms with Gasteiger partial charge in [0, 0.05) is 22.4 Å². The molecule has 0 aliphatic carbocycles. The van der Waals surface area contributed by atoms with E-state index in [-0.39, 0.29) is 17.5 Å². The third-order valence-corrected chi connectivity index (χ3v) is 4.71. The van der Waals surface area contributed by atoms with Crippen molar-refractivity contribution < 1.29 is 9.84 Å². The zero-order valence-corrected chi connectivity index (χ0v) is 11.6. The van der Waals surface area contributed by atoms with Gasteiger partial charge in [-0.15, -0.1) is 0 Å². The van der Waals surface area contributed by atoms with Gasteiger partial charge in [-0.2, -0.15) is 11.8 Å². The lowest BCUT2D eigenvalue weighted by atomic mass is 10.1. The standard InChI is InChI=1S/C13H17ClO2S/c1-8(15)9(2)17-7-12-6-10-5-11(14)3-4-13(10)16-12/h3-5,8-9,12,15H,6-7H2,1-2H3. The van der Waals surface area contributed by atoms with Crippen LogP contribution in [0.2, 0.25) is 5.02 Å². The minimum atomic E-state index is -0.279. The number of halogens is 1. The molecular formula is C13H17ClO2S. The van der Waals surface area contributed by atoms with E-state index in [1.54, 1.807) is 11.8 Å². The van der Waals surface area contributed by atoms with Crippen molar-refractivity contribution in [2.24, 2.45) is 0 Å². The normalized spacial score (nSPS) is 21.8. The summed E-state index contributed by atoms with van der Waals surface area (Å²) in [6.07, 6.45) is 0.836. The summed E-state index contributed by atoms with van der Waals surface area (Å²) >= 11 is 7.69. The van der Waals surface area contributed by atoms with Gasteiger partial charge >= 0.3 is 0 Å². The van der Waals surface area contributed by atoms with Gasteiger partial charge in [-0.25, -0.2) is 0 Å². The van der Waals surface area contributed by atoms with Crippen LogP contribution in [0.3, 0.4) is 0 Å². The van der Waals surface area contributed by atoms with E-state index in [0.29, 0.717) is 0 Å². The van der Waals surface area contributed by atoms with Gasteiger partial charge < -0.3 is 9.84 Å². The topological polar surface area (TPSA) is 29.5 Å². The van der Waals surface area contributed by atoms with Crippen LogP contribution in [0.1, 0.15) is 19.4 Å². The average Bonchev–Trinajstić information content (AvgIpc) is 2.67. The Balaban J connectivity index is 1.88. The van der Waals surface area contributed by atoms with Gasteiger partial charge in [-0.3, -0.25) is 0 Å². The first-order valence-corrected chi connectivity index (χ1v) is 7.23. The molecule has 1 aliphatic rings. The van der Waals surface area contributed by atoms with Crippen molar-refractivity contribution in [3.63, 3.8) is 0 Å². The van der Waals surface area contributed by atoms with Crippen LogP contribution in [0, 0.1) is 0 Å². The van der Waals surface area contributed by atoms with E-state index in [1.807, 2.05) is 32.0 Å². The third kappa shape index (κ3) is 3.30. The highest BCUT2D eigenvalue weighted by atomic mass is 35.5. The summed E-state index contributed by atoms with van der Waals surface area (Å²) < 4.78 is 5.83. The smallest absolute Gasteiger partial charge is 0.123 e. The number of rotatable bonds is 4. The molecule has 0 radical (unpaired) electrons. The summed E-state index contributed by atoms with van der Waals surface area (Å²) in [7, 11) is 0. The highest BCUT2D eigenvalue weighted by Crippen LogP contribution is 2.32. The number of hydrogen-bond acceptors (Lipinski definition) is 3. The van der Waals surface area contributed by atoms with E-state index in [0.717, 1.165) is 22.9 Å². The summed E-state index contributed by atoms with van der Waals surface area (Å²) in [4.78, 5) is 0. The highest BCUT2D eigenvalue weighted by Gasteiger charge is 2.24. The van der Waals surface area contributed by atoms with E-state index in [4.69, 9.17) is 16.3 Å². The molecule has 0 saturated heterocycles. The van der Waals surface area contributed by atoms with Gasteiger partial charge in [0.15, 0.2) is 0 Å². The molecular weight excluding hydrogens is 256 g/mol. The Morgan fingerprint density at radius 2 is 2.29 bits per heavy atom. The molecule has 0 amide bonds. The maximum atomic E-state index is 9.43. The Hall–Kier alpha value is -0.380. The summed E-state index contributed by atoms with van der Waals surface area (Å²) in [5.74, 6) is 1.85. The van der Waals surface area contributed by atoms with Crippen LogP contribution in [-0.2, 0) is 6.42 Å². The van der Waals surface area contributed by atoms with Gasteiger partial charge in [-0.1, -0.05) is 18.5 Å². The first kappa shape index (κ1) is 13.1. The van der Waals surface area contributed by atoms with Crippen molar-refractivity contribution in [2.45, 2.75) is 37.7 Å². The minimum Gasteiger partial charge on any atom is -0.489 e. The van der Waals surface area contributed by atoms with E-state index < -0.39 is 0 Å². The highest BCUT2D eigenvalue weighted by molar-refractivity contribution is 7.99. The van der Waals surface area contributed by atoms with Gasteiger partial charge in [-0.05, 0) is 30.7 Å². The Kier molecular flexibility index (Phi) is 4.23. The van der Waals surface area contributed by atoms with Crippen molar-refractivity contribution in [3.05, 3.63) is 28.8 Å². The van der Waals surface area contributed by atoms with E-state index in [1.165, 1.54) is 5.56 Å². The molecule has 3 unspecified atom stereocenters. The van der Waals surface area contributed by atoms with Gasteiger partial charge in [0.2, 0.25) is 0 Å².